The number of nitrogens with one attached hydrogen (secondary N) is 1. The molecule has 0 radical (unpaired) electrons. The van der Waals surface area contributed by atoms with Crippen molar-refractivity contribution < 1.29 is 23.9 Å². The van der Waals surface area contributed by atoms with Crippen LogP contribution in [0.2, 0.25) is 0 Å². The van der Waals surface area contributed by atoms with E-state index in [4.69, 9.17) is 9.47 Å². The van der Waals surface area contributed by atoms with Gasteiger partial charge in [-0.25, -0.2) is 4.79 Å². The second-order valence-electron chi connectivity index (χ2n) is 6.71. The van der Waals surface area contributed by atoms with Gasteiger partial charge >= 0.3 is 12.1 Å². The molecule has 0 aromatic heterocycles. The van der Waals surface area contributed by atoms with Gasteiger partial charge in [0, 0.05) is 7.05 Å². The quantitative estimate of drug-likeness (QED) is 0.794. The first kappa shape index (κ1) is 20.5. The van der Waals surface area contributed by atoms with E-state index in [0.29, 0.717) is 0 Å². The Kier molecular flexibility index (Phi) is 7.42. The molecular weight excluding hydrogens is 324 g/mol. The monoisotopic (exact) mass is 350 g/mol. The highest BCUT2D eigenvalue weighted by atomic mass is 16.6. The molecule has 138 valence electrons. The van der Waals surface area contributed by atoms with Crippen LogP contribution in [-0.2, 0) is 25.7 Å². The average Bonchev–Trinajstić information content (AvgIpc) is 2.51. The molecule has 7 heteroatoms. The zero-order valence-electron chi connectivity index (χ0n) is 15.4. The number of carbonyl (C=O) groups is 3. The van der Waals surface area contributed by atoms with Crippen LogP contribution in [0, 0.1) is 0 Å². The standard InChI is InChI=1S/C18H26N2O5/c1-13(16(22)20(5)11-15(21)25-18(2,3)4)19-17(23)24-12-14-9-7-6-8-10-14/h6-10,13H,11-12H2,1-5H3,(H,19,23)/t13-/m0/s1. The molecule has 25 heavy (non-hydrogen) atoms. The lowest BCUT2D eigenvalue weighted by molar-refractivity contribution is -0.158. The summed E-state index contributed by atoms with van der Waals surface area (Å²) in [6.07, 6.45) is -0.699. The molecule has 0 heterocycles. The number of nitrogens with zero attached hydrogens (tertiary/aromatic N) is 1. The van der Waals surface area contributed by atoms with Crippen molar-refractivity contribution in [1.82, 2.24) is 10.2 Å². The molecule has 1 rings (SSSR count). The first-order valence-electron chi connectivity index (χ1n) is 8.02. The average molecular weight is 350 g/mol. The van der Waals surface area contributed by atoms with Gasteiger partial charge in [-0.2, -0.15) is 0 Å². The van der Waals surface area contributed by atoms with Gasteiger partial charge < -0.3 is 19.7 Å². The second kappa shape index (κ2) is 9.05. The Balaban J connectivity index is 2.41. The van der Waals surface area contributed by atoms with E-state index in [9.17, 15) is 14.4 Å². The van der Waals surface area contributed by atoms with E-state index < -0.39 is 29.6 Å². The van der Waals surface area contributed by atoms with Crippen LogP contribution in [0.4, 0.5) is 4.79 Å². The van der Waals surface area contributed by atoms with E-state index in [2.05, 4.69) is 5.32 Å². The van der Waals surface area contributed by atoms with E-state index in [1.54, 1.807) is 20.8 Å². The normalized spacial score (nSPS) is 12.0. The summed E-state index contributed by atoms with van der Waals surface area (Å²) in [5.41, 5.74) is 0.227. The first-order chi connectivity index (χ1) is 11.6. The molecule has 0 saturated carbocycles. The molecule has 0 unspecified atom stereocenters. The van der Waals surface area contributed by atoms with E-state index in [-0.39, 0.29) is 13.2 Å². The number of hydrogen-bond donors (Lipinski definition) is 1. The molecule has 0 aliphatic rings. The van der Waals surface area contributed by atoms with Gasteiger partial charge in [-0.1, -0.05) is 30.3 Å². The summed E-state index contributed by atoms with van der Waals surface area (Å²) >= 11 is 0. The van der Waals surface area contributed by atoms with Crippen molar-refractivity contribution in [3.63, 3.8) is 0 Å². The van der Waals surface area contributed by atoms with Crippen LogP contribution < -0.4 is 5.32 Å². The lowest BCUT2D eigenvalue weighted by Crippen LogP contribution is -2.47. The third kappa shape index (κ3) is 8.19. The molecule has 0 aliphatic carbocycles. The van der Waals surface area contributed by atoms with Crippen LogP contribution in [0.1, 0.15) is 33.3 Å². The fraction of sp³-hybridized carbons (Fsp3) is 0.500. The Bertz CT molecular complexity index is 595. The molecule has 1 atom stereocenters. The number of rotatable bonds is 6. The maximum Gasteiger partial charge on any atom is 0.408 e. The van der Waals surface area contributed by atoms with Crippen LogP contribution in [0.5, 0.6) is 0 Å². The van der Waals surface area contributed by atoms with Crippen molar-refractivity contribution in [1.29, 1.82) is 0 Å². The summed E-state index contributed by atoms with van der Waals surface area (Å²) in [7, 11) is 1.47. The molecule has 2 amide bonds. The zero-order valence-corrected chi connectivity index (χ0v) is 15.4. The predicted octanol–water partition coefficient (Wildman–Crippen LogP) is 2.10. The molecule has 0 fully saturated rings. The van der Waals surface area contributed by atoms with Crippen LogP contribution >= 0.6 is 0 Å². The van der Waals surface area contributed by atoms with Crippen LogP contribution in [-0.4, -0.2) is 48.1 Å². The van der Waals surface area contributed by atoms with Gasteiger partial charge in [0.25, 0.3) is 0 Å². The summed E-state index contributed by atoms with van der Waals surface area (Å²) in [4.78, 5) is 36.9. The molecule has 1 N–H and O–H groups in total. The smallest absolute Gasteiger partial charge is 0.408 e. The summed E-state index contributed by atoms with van der Waals surface area (Å²) in [5, 5.41) is 2.45. The SMILES string of the molecule is C[C@H](NC(=O)OCc1ccccc1)C(=O)N(C)CC(=O)OC(C)(C)C. The highest BCUT2D eigenvalue weighted by molar-refractivity contribution is 5.87. The number of ether oxygens (including phenoxy) is 2. The van der Waals surface area contributed by atoms with Crippen molar-refractivity contribution in [3.05, 3.63) is 35.9 Å². The maximum atomic E-state index is 12.2. The fourth-order valence-electron chi connectivity index (χ4n) is 1.98. The number of hydrogen-bond acceptors (Lipinski definition) is 5. The minimum absolute atomic E-state index is 0.112. The van der Waals surface area contributed by atoms with Crippen LogP contribution in [0.25, 0.3) is 0 Å². The van der Waals surface area contributed by atoms with E-state index in [1.165, 1.54) is 18.9 Å². The largest absolute Gasteiger partial charge is 0.459 e. The number of benzene rings is 1. The second-order valence-corrected chi connectivity index (χ2v) is 6.71. The van der Waals surface area contributed by atoms with Crippen molar-refractivity contribution in [2.75, 3.05) is 13.6 Å². The van der Waals surface area contributed by atoms with Crippen LogP contribution in [0.3, 0.4) is 0 Å². The Morgan fingerprint density at radius 1 is 1.16 bits per heavy atom. The molecule has 0 aliphatic heterocycles. The number of amides is 2. The van der Waals surface area contributed by atoms with Gasteiger partial charge in [-0.3, -0.25) is 9.59 Å². The summed E-state index contributed by atoms with van der Waals surface area (Å²) in [6.45, 7) is 6.69. The number of carbonyl (C=O) groups excluding carboxylic acids is 3. The minimum atomic E-state index is -0.823. The van der Waals surface area contributed by atoms with E-state index in [0.717, 1.165) is 5.56 Å². The summed E-state index contributed by atoms with van der Waals surface area (Å²) in [5.74, 6) is -0.926. The molecule has 0 spiro atoms. The first-order valence-corrected chi connectivity index (χ1v) is 8.02. The number of esters is 1. The number of alkyl carbamates (subject to hydrolysis) is 1. The highest BCUT2D eigenvalue weighted by Crippen LogP contribution is 2.07. The van der Waals surface area contributed by atoms with Gasteiger partial charge in [-0.15, -0.1) is 0 Å². The maximum absolute atomic E-state index is 12.2. The van der Waals surface area contributed by atoms with Crippen molar-refractivity contribution in [2.24, 2.45) is 0 Å². The number of likely N-dealkylation sites (N-methyl/N-ethyl adjacent to an activating group) is 1. The van der Waals surface area contributed by atoms with Crippen molar-refractivity contribution >= 4 is 18.0 Å². The highest BCUT2D eigenvalue weighted by Gasteiger charge is 2.24. The molecule has 1 aromatic carbocycles. The molecule has 0 saturated heterocycles. The lowest BCUT2D eigenvalue weighted by Gasteiger charge is -2.24. The Morgan fingerprint density at radius 3 is 2.32 bits per heavy atom. The van der Waals surface area contributed by atoms with Gasteiger partial charge in [-0.05, 0) is 33.3 Å². The summed E-state index contributed by atoms with van der Waals surface area (Å²) < 4.78 is 10.2. The predicted molar refractivity (Wildman–Crippen MR) is 92.7 cm³/mol. The summed E-state index contributed by atoms with van der Waals surface area (Å²) in [6, 6.07) is 8.39. The Labute approximate surface area is 148 Å². The molecule has 1 aromatic rings. The minimum Gasteiger partial charge on any atom is -0.459 e. The van der Waals surface area contributed by atoms with Gasteiger partial charge in [0.1, 0.15) is 24.8 Å². The van der Waals surface area contributed by atoms with E-state index in [1.807, 2.05) is 30.3 Å². The molecule has 7 nitrogen and oxygen atoms in total. The van der Waals surface area contributed by atoms with Gasteiger partial charge in [0.15, 0.2) is 0 Å². The van der Waals surface area contributed by atoms with Crippen molar-refractivity contribution in [2.45, 2.75) is 45.9 Å². The fourth-order valence-corrected chi connectivity index (χ4v) is 1.98. The lowest BCUT2D eigenvalue weighted by atomic mass is 10.2. The Morgan fingerprint density at radius 2 is 1.76 bits per heavy atom. The van der Waals surface area contributed by atoms with Crippen molar-refractivity contribution in [3.8, 4) is 0 Å². The molecular formula is C18H26N2O5. The van der Waals surface area contributed by atoms with Gasteiger partial charge in [0.05, 0.1) is 0 Å². The zero-order chi connectivity index (χ0) is 19.0. The van der Waals surface area contributed by atoms with E-state index >= 15 is 0 Å². The molecule has 0 bridgehead atoms. The van der Waals surface area contributed by atoms with Crippen LogP contribution in [0.15, 0.2) is 30.3 Å². The third-order valence-corrected chi connectivity index (χ3v) is 3.08. The Hall–Kier alpha value is -2.57. The van der Waals surface area contributed by atoms with Gasteiger partial charge in [0.2, 0.25) is 5.91 Å². The topological polar surface area (TPSA) is 84.9 Å². The third-order valence-electron chi connectivity index (χ3n) is 3.08.